The first-order valence-corrected chi connectivity index (χ1v) is 3.49. The van der Waals surface area contributed by atoms with Crippen LogP contribution in [0.2, 0.25) is 0 Å². The summed E-state index contributed by atoms with van der Waals surface area (Å²) >= 11 is 0. The Labute approximate surface area is 68.3 Å². The summed E-state index contributed by atoms with van der Waals surface area (Å²) in [5, 5.41) is 6.50. The van der Waals surface area contributed by atoms with Gasteiger partial charge in [0.15, 0.2) is 0 Å². The van der Waals surface area contributed by atoms with Gasteiger partial charge in [0.25, 0.3) is 0 Å². The predicted molar refractivity (Wildman–Crippen MR) is 47.3 cm³/mol. The average molecular weight is 147 g/mol. The molecule has 0 amide bonds. The molecule has 0 spiro atoms. The molecule has 0 aliphatic rings. The maximum Gasteiger partial charge on any atom is 0.0462 e. The Morgan fingerprint density at radius 3 is 1.18 bits per heavy atom. The Morgan fingerprint density at radius 1 is 0.818 bits per heavy atom. The maximum atomic E-state index is 6.50. The quantitative estimate of drug-likeness (QED) is 0.553. The zero-order valence-electron chi connectivity index (χ0n) is 7.26. The van der Waals surface area contributed by atoms with Crippen molar-refractivity contribution in [1.29, 1.82) is 5.26 Å². The summed E-state index contributed by atoms with van der Waals surface area (Å²) in [6, 6.07) is 6.56. The first-order chi connectivity index (χ1) is 5.18. The van der Waals surface area contributed by atoms with Crippen molar-refractivity contribution in [2.45, 2.75) is 20.8 Å². The number of nitrogens with zero attached hydrogens (tertiary/aromatic N) is 1. The lowest BCUT2D eigenvalue weighted by Gasteiger charge is -1.96. The van der Waals surface area contributed by atoms with Crippen molar-refractivity contribution in [3.63, 3.8) is 0 Å². The van der Waals surface area contributed by atoms with E-state index < -0.39 is 0 Å². The minimum atomic E-state index is 1.35. The predicted octanol–water partition coefficient (Wildman–Crippen LogP) is 2.75. The van der Waals surface area contributed by atoms with E-state index in [9.17, 15) is 0 Å². The van der Waals surface area contributed by atoms with Crippen molar-refractivity contribution in [3.05, 3.63) is 34.9 Å². The molecule has 0 atom stereocenters. The van der Waals surface area contributed by atoms with Gasteiger partial charge >= 0.3 is 0 Å². The van der Waals surface area contributed by atoms with Gasteiger partial charge in [0, 0.05) is 6.57 Å². The fourth-order valence-electron chi connectivity index (χ4n) is 1.20. The largest absolute Gasteiger partial charge is 0.202 e. The number of nitriles is 1. The Bertz CT molecular complexity index is 198. The molecule has 0 fully saturated rings. The van der Waals surface area contributed by atoms with E-state index >= 15 is 0 Å². The Hall–Kier alpha value is -1.29. The molecule has 1 aromatic rings. The van der Waals surface area contributed by atoms with E-state index in [1.807, 2.05) is 0 Å². The second-order valence-corrected chi connectivity index (χ2v) is 2.67. The van der Waals surface area contributed by atoms with Crippen molar-refractivity contribution < 1.29 is 0 Å². The van der Waals surface area contributed by atoms with Crippen LogP contribution in [-0.2, 0) is 0 Å². The lowest BCUT2D eigenvalue weighted by atomic mass is 10.1. The molecule has 0 N–H and O–H groups in total. The molecule has 0 bridgehead atoms. The van der Waals surface area contributed by atoms with Gasteiger partial charge in [-0.05, 0) is 20.8 Å². The van der Waals surface area contributed by atoms with Gasteiger partial charge in [0.2, 0.25) is 0 Å². The second kappa shape index (κ2) is 4.51. The van der Waals surface area contributed by atoms with Crippen LogP contribution in [0.5, 0.6) is 0 Å². The molecule has 11 heavy (non-hydrogen) atoms. The van der Waals surface area contributed by atoms with Gasteiger partial charge in [-0.1, -0.05) is 34.9 Å². The van der Waals surface area contributed by atoms with E-state index in [1.54, 1.807) is 0 Å². The first kappa shape index (κ1) is 9.71. The van der Waals surface area contributed by atoms with Crippen LogP contribution < -0.4 is 0 Å². The van der Waals surface area contributed by atoms with Crippen LogP contribution in [0.25, 0.3) is 0 Å². The van der Waals surface area contributed by atoms with E-state index in [0.29, 0.717) is 0 Å². The zero-order valence-corrected chi connectivity index (χ0v) is 7.26. The minimum Gasteiger partial charge on any atom is -0.202 e. The Kier molecular flexibility index (Phi) is 3.98. The molecule has 1 rings (SSSR count). The highest BCUT2D eigenvalue weighted by Gasteiger charge is 1.87. The van der Waals surface area contributed by atoms with Crippen LogP contribution in [0, 0.1) is 32.6 Å². The molecule has 1 aromatic carbocycles. The maximum absolute atomic E-state index is 6.50. The molecule has 0 saturated heterocycles. The Balaban J connectivity index is 0.000000461. The lowest BCUT2D eigenvalue weighted by molar-refractivity contribution is 1.32. The lowest BCUT2D eigenvalue weighted by Crippen LogP contribution is -1.78. The van der Waals surface area contributed by atoms with E-state index in [-0.39, 0.29) is 0 Å². The number of hydrogen-bond donors (Lipinski definition) is 0. The second-order valence-electron chi connectivity index (χ2n) is 2.67. The highest BCUT2D eigenvalue weighted by Crippen LogP contribution is 2.06. The molecule has 0 aromatic heterocycles. The number of benzene rings is 1. The van der Waals surface area contributed by atoms with E-state index in [1.165, 1.54) is 16.7 Å². The third-order valence-corrected chi connectivity index (χ3v) is 1.37. The van der Waals surface area contributed by atoms with Crippen LogP contribution in [0.1, 0.15) is 16.7 Å². The molecule has 1 heteroatoms. The summed E-state index contributed by atoms with van der Waals surface area (Å²) in [5.74, 6) is 0. The average Bonchev–Trinajstić information content (AvgIpc) is 1.88. The van der Waals surface area contributed by atoms with Crippen molar-refractivity contribution in [3.8, 4) is 6.57 Å². The normalized spacial score (nSPS) is 8.09. The van der Waals surface area contributed by atoms with Crippen molar-refractivity contribution in [1.82, 2.24) is 0 Å². The molecular weight excluding hydrogens is 134 g/mol. The fourth-order valence-corrected chi connectivity index (χ4v) is 1.20. The van der Waals surface area contributed by atoms with Gasteiger partial charge in [-0.3, -0.25) is 0 Å². The van der Waals surface area contributed by atoms with Crippen molar-refractivity contribution in [2.75, 3.05) is 0 Å². The highest BCUT2D eigenvalue weighted by molar-refractivity contribution is 5.27. The van der Waals surface area contributed by atoms with E-state index in [4.69, 9.17) is 5.26 Å². The Morgan fingerprint density at radius 2 is 1.00 bits per heavy atom. The van der Waals surface area contributed by atoms with Crippen molar-refractivity contribution >= 4 is 0 Å². The number of aryl methyl sites for hydroxylation is 3. The highest BCUT2D eigenvalue weighted by atomic mass is 14.2. The van der Waals surface area contributed by atoms with Crippen LogP contribution in [0.15, 0.2) is 18.2 Å². The summed E-state index contributed by atoms with van der Waals surface area (Å²) in [4.78, 5) is 0. The molecule has 0 radical (unpaired) electrons. The fraction of sp³-hybridized carbons (Fsp3) is 0.300. The SMILES string of the molecule is C#N.Cc1cc(C)cc(C)c1. The summed E-state index contributed by atoms with van der Waals surface area (Å²) in [6.45, 7) is 9.88. The molecule has 0 aliphatic carbocycles. The monoisotopic (exact) mass is 147 g/mol. The topological polar surface area (TPSA) is 23.8 Å². The van der Waals surface area contributed by atoms with Crippen molar-refractivity contribution in [2.24, 2.45) is 0 Å². The molecule has 0 heterocycles. The minimum absolute atomic E-state index is 1.35. The summed E-state index contributed by atoms with van der Waals surface area (Å²) in [6.07, 6.45) is 0. The van der Waals surface area contributed by atoms with Crippen LogP contribution in [0.4, 0.5) is 0 Å². The molecule has 1 nitrogen and oxygen atoms in total. The third-order valence-electron chi connectivity index (χ3n) is 1.37. The van der Waals surface area contributed by atoms with Crippen LogP contribution in [0.3, 0.4) is 0 Å². The molecule has 0 saturated carbocycles. The third kappa shape index (κ3) is 3.42. The van der Waals surface area contributed by atoms with Gasteiger partial charge in [-0.25, -0.2) is 5.26 Å². The summed E-state index contributed by atoms with van der Waals surface area (Å²) in [7, 11) is 0. The molecule has 58 valence electrons. The number of rotatable bonds is 0. The van der Waals surface area contributed by atoms with E-state index in [2.05, 4.69) is 45.5 Å². The summed E-state index contributed by atoms with van der Waals surface area (Å²) < 4.78 is 0. The van der Waals surface area contributed by atoms with Gasteiger partial charge < -0.3 is 0 Å². The standard InChI is InChI=1S/C9H12.CHN/c1-7-4-8(2)6-9(3)5-7;1-2/h4-6H,1-3H3;1H. The summed E-state index contributed by atoms with van der Waals surface area (Å²) in [5.41, 5.74) is 4.06. The molecular formula is C10H13N. The van der Waals surface area contributed by atoms with Gasteiger partial charge in [-0.15, -0.1) is 0 Å². The molecule has 0 aliphatic heterocycles. The molecule has 0 unspecified atom stereocenters. The zero-order chi connectivity index (χ0) is 8.85. The van der Waals surface area contributed by atoms with E-state index in [0.717, 1.165) is 0 Å². The van der Waals surface area contributed by atoms with Gasteiger partial charge in [0.05, 0.1) is 0 Å². The van der Waals surface area contributed by atoms with Gasteiger partial charge in [-0.2, -0.15) is 0 Å². The van der Waals surface area contributed by atoms with Gasteiger partial charge in [0.1, 0.15) is 0 Å². The van der Waals surface area contributed by atoms with Crippen LogP contribution in [-0.4, -0.2) is 0 Å². The van der Waals surface area contributed by atoms with Crippen LogP contribution >= 0.6 is 0 Å². The number of hydrogen-bond acceptors (Lipinski definition) is 1. The first-order valence-electron chi connectivity index (χ1n) is 3.49. The smallest absolute Gasteiger partial charge is 0.0462 e.